The molecule has 0 unspecified atom stereocenters. The first kappa shape index (κ1) is 21.6. The third kappa shape index (κ3) is 6.82. The minimum atomic E-state index is -0.444. The monoisotopic (exact) mass is 424 g/mol. The van der Waals surface area contributed by atoms with Crippen LogP contribution in [0.3, 0.4) is 0 Å². The first-order valence-electron chi connectivity index (χ1n) is 8.45. The van der Waals surface area contributed by atoms with E-state index in [1.807, 2.05) is 6.92 Å². The van der Waals surface area contributed by atoms with Crippen molar-refractivity contribution in [2.45, 2.75) is 18.2 Å². The van der Waals surface area contributed by atoms with Crippen molar-refractivity contribution in [3.05, 3.63) is 29.8 Å². The lowest BCUT2D eigenvalue weighted by atomic mass is 10.2. The van der Waals surface area contributed by atoms with E-state index in [4.69, 9.17) is 9.47 Å². The Kier molecular flexibility index (Phi) is 8.69. The molecule has 0 radical (unpaired) electrons. The summed E-state index contributed by atoms with van der Waals surface area (Å²) in [5.74, 6) is -0.632. The van der Waals surface area contributed by atoms with Crippen molar-refractivity contribution in [2.75, 3.05) is 30.8 Å². The van der Waals surface area contributed by atoms with Gasteiger partial charge in [-0.25, -0.2) is 0 Å². The Balaban J connectivity index is 1.81. The van der Waals surface area contributed by atoms with Crippen LogP contribution in [0.5, 0.6) is 5.75 Å². The summed E-state index contributed by atoms with van der Waals surface area (Å²) >= 11 is 2.30. The Bertz CT molecular complexity index is 827. The fourth-order valence-corrected chi connectivity index (χ4v) is 3.56. The van der Waals surface area contributed by atoms with E-state index in [0.29, 0.717) is 28.9 Å². The molecule has 1 heterocycles. The summed E-state index contributed by atoms with van der Waals surface area (Å²) in [6.45, 7) is 4.07. The molecule has 2 aromatic rings. The number of para-hydroxylation sites is 1. The van der Waals surface area contributed by atoms with Crippen molar-refractivity contribution in [1.29, 1.82) is 0 Å². The van der Waals surface area contributed by atoms with Gasteiger partial charge in [-0.3, -0.25) is 19.7 Å². The highest BCUT2D eigenvalue weighted by atomic mass is 32.2. The number of rotatable bonds is 10. The number of anilines is 1. The maximum Gasteiger partial charge on any atom is 0.316 e. The quantitative estimate of drug-likeness (QED) is 0.337. The fourth-order valence-electron chi connectivity index (χ4n) is 2.00. The average Bonchev–Trinajstić information content (AvgIpc) is 3.13. The zero-order valence-electron chi connectivity index (χ0n) is 15.4. The Hall–Kier alpha value is -2.66. The van der Waals surface area contributed by atoms with Crippen LogP contribution in [0.4, 0.5) is 5.13 Å². The van der Waals surface area contributed by atoms with Gasteiger partial charge in [0.2, 0.25) is 11.0 Å². The smallest absolute Gasteiger partial charge is 0.316 e. The average molecular weight is 425 g/mol. The highest BCUT2D eigenvalue weighted by molar-refractivity contribution is 8.01. The van der Waals surface area contributed by atoms with E-state index in [9.17, 15) is 14.4 Å². The van der Waals surface area contributed by atoms with E-state index >= 15 is 0 Å². The summed E-state index contributed by atoms with van der Waals surface area (Å²) in [6, 6.07) is 6.79. The maximum atomic E-state index is 12.3. The Morgan fingerprint density at radius 3 is 2.68 bits per heavy atom. The Morgan fingerprint density at radius 2 is 1.93 bits per heavy atom. The lowest BCUT2D eigenvalue weighted by Gasteiger charge is -2.10. The van der Waals surface area contributed by atoms with E-state index in [-0.39, 0.29) is 23.4 Å². The molecular formula is C17H20N4O5S2. The summed E-state index contributed by atoms with van der Waals surface area (Å²) in [6.07, 6.45) is 0. The molecule has 2 rings (SSSR count). The number of aromatic nitrogens is 2. The number of carbonyl (C=O) groups excluding carboxylic acids is 3. The molecule has 1 aromatic heterocycles. The van der Waals surface area contributed by atoms with Gasteiger partial charge in [-0.2, -0.15) is 0 Å². The molecule has 0 aliphatic heterocycles. The summed E-state index contributed by atoms with van der Waals surface area (Å²) in [7, 11) is 0. The predicted octanol–water partition coefficient (Wildman–Crippen LogP) is 1.96. The number of nitrogens with zero attached hydrogens (tertiary/aromatic N) is 2. The zero-order chi connectivity index (χ0) is 20.4. The molecule has 11 heteroatoms. The van der Waals surface area contributed by atoms with Gasteiger partial charge in [-0.05, 0) is 26.0 Å². The highest BCUT2D eigenvalue weighted by Gasteiger charge is 2.14. The third-order valence-corrected chi connectivity index (χ3v) is 5.06. The first-order chi connectivity index (χ1) is 13.5. The van der Waals surface area contributed by atoms with Crippen molar-refractivity contribution in [2.24, 2.45) is 0 Å². The van der Waals surface area contributed by atoms with Crippen LogP contribution in [-0.2, 0) is 14.3 Å². The largest absolute Gasteiger partial charge is 0.493 e. The number of amides is 2. The molecule has 2 N–H and O–H groups in total. The molecule has 9 nitrogen and oxygen atoms in total. The lowest BCUT2D eigenvalue weighted by molar-refractivity contribution is -0.139. The van der Waals surface area contributed by atoms with Gasteiger partial charge in [-0.15, -0.1) is 10.2 Å². The van der Waals surface area contributed by atoms with Gasteiger partial charge in [0.05, 0.1) is 31.1 Å². The van der Waals surface area contributed by atoms with Crippen LogP contribution in [0, 0.1) is 0 Å². The second-order valence-corrected chi connectivity index (χ2v) is 7.33. The maximum absolute atomic E-state index is 12.3. The number of thioether (sulfide) groups is 1. The van der Waals surface area contributed by atoms with Gasteiger partial charge in [0.1, 0.15) is 5.75 Å². The lowest BCUT2D eigenvalue weighted by Crippen LogP contribution is -2.33. The van der Waals surface area contributed by atoms with Crippen molar-refractivity contribution in [3.63, 3.8) is 0 Å². The van der Waals surface area contributed by atoms with E-state index < -0.39 is 11.8 Å². The summed E-state index contributed by atoms with van der Waals surface area (Å²) in [4.78, 5) is 35.6. The SMILES string of the molecule is CCOC(=O)CSc1nnc(NC(=O)CNC(=O)c2ccccc2OCC)s1. The normalized spacial score (nSPS) is 10.2. The summed E-state index contributed by atoms with van der Waals surface area (Å²) < 4.78 is 10.8. The first-order valence-corrected chi connectivity index (χ1v) is 10.3. The van der Waals surface area contributed by atoms with Crippen LogP contribution in [0.25, 0.3) is 0 Å². The molecular weight excluding hydrogens is 404 g/mol. The van der Waals surface area contributed by atoms with Gasteiger partial charge < -0.3 is 14.8 Å². The second-order valence-electron chi connectivity index (χ2n) is 5.13. The third-order valence-electron chi connectivity index (χ3n) is 3.11. The van der Waals surface area contributed by atoms with Crippen LogP contribution >= 0.6 is 23.1 Å². The van der Waals surface area contributed by atoms with Crippen molar-refractivity contribution in [3.8, 4) is 5.75 Å². The molecule has 0 aliphatic carbocycles. The van der Waals surface area contributed by atoms with Crippen LogP contribution in [0.1, 0.15) is 24.2 Å². The number of benzene rings is 1. The van der Waals surface area contributed by atoms with Gasteiger partial charge in [-0.1, -0.05) is 35.2 Å². The summed E-state index contributed by atoms with van der Waals surface area (Å²) in [5, 5.41) is 13.1. The molecule has 2 amide bonds. The summed E-state index contributed by atoms with van der Waals surface area (Å²) in [5.41, 5.74) is 0.353. The molecule has 0 aliphatic rings. The number of ether oxygens (including phenoxy) is 2. The van der Waals surface area contributed by atoms with Crippen molar-refractivity contribution in [1.82, 2.24) is 15.5 Å². The molecule has 0 spiro atoms. The topological polar surface area (TPSA) is 120 Å². The van der Waals surface area contributed by atoms with Crippen molar-refractivity contribution >= 4 is 46.0 Å². The van der Waals surface area contributed by atoms with Gasteiger partial charge in [0.25, 0.3) is 5.91 Å². The molecule has 0 atom stereocenters. The number of nitrogens with one attached hydrogen (secondary N) is 2. The molecule has 150 valence electrons. The standard InChI is InChI=1S/C17H20N4O5S2/c1-3-25-12-8-6-5-7-11(12)15(24)18-9-13(22)19-16-20-21-17(28-16)27-10-14(23)26-4-2/h5-8H,3-4,9-10H2,1-2H3,(H,18,24)(H,19,20,22). The van der Waals surface area contributed by atoms with E-state index in [2.05, 4.69) is 20.8 Å². The van der Waals surface area contributed by atoms with E-state index in [1.165, 1.54) is 11.8 Å². The zero-order valence-corrected chi connectivity index (χ0v) is 17.0. The molecule has 28 heavy (non-hydrogen) atoms. The van der Waals surface area contributed by atoms with E-state index in [0.717, 1.165) is 11.3 Å². The van der Waals surface area contributed by atoms with Gasteiger partial charge >= 0.3 is 5.97 Å². The predicted molar refractivity (Wildman–Crippen MR) is 106 cm³/mol. The number of hydrogen-bond donors (Lipinski definition) is 2. The Morgan fingerprint density at radius 1 is 1.14 bits per heavy atom. The van der Waals surface area contributed by atoms with Crippen LogP contribution < -0.4 is 15.4 Å². The van der Waals surface area contributed by atoms with Crippen molar-refractivity contribution < 1.29 is 23.9 Å². The van der Waals surface area contributed by atoms with Crippen LogP contribution in [0.2, 0.25) is 0 Å². The molecule has 0 saturated carbocycles. The number of hydrogen-bond acceptors (Lipinski definition) is 9. The minimum absolute atomic E-state index is 0.117. The number of esters is 1. The molecule has 0 bridgehead atoms. The van der Waals surface area contributed by atoms with Gasteiger partial charge in [0.15, 0.2) is 4.34 Å². The fraction of sp³-hybridized carbons (Fsp3) is 0.353. The second kappa shape index (κ2) is 11.2. The van der Waals surface area contributed by atoms with E-state index in [1.54, 1.807) is 31.2 Å². The number of carbonyl (C=O) groups is 3. The molecule has 1 aromatic carbocycles. The van der Waals surface area contributed by atoms with Gasteiger partial charge in [0, 0.05) is 0 Å². The Labute approximate surface area is 170 Å². The molecule has 0 fully saturated rings. The minimum Gasteiger partial charge on any atom is -0.493 e. The van der Waals surface area contributed by atoms with Crippen LogP contribution in [-0.4, -0.2) is 53.5 Å². The van der Waals surface area contributed by atoms with Crippen LogP contribution in [0.15, 0.2) is 28.6 Å². The molecule has 0 saturated heterocycles. The highest BCUT2D eigenvalue weighted by Crippen LogP contribution is 2.25.